The molecule has 3 aromatic carbocycles. The summed E-state index contributed by atoms with van der Waals surface area (Å²) in [6, 6.07) is 18.6. The van der Waals surface area contributed by atoms with Crippen LogP contribution in [0.5, 0.6) is 11.5 Å². The Labute approximate surface area is 138 Å². The molecule has 0 saturated heterocycles. The first-order chi connectivity index (χ1) is 10.3. The first-order valence-corrected chi connectivity index (χ1v) is 6.55. The molecule has 1 N–H and O–H groups in total. The fourth-order valence-electron chi connectivity index (χ4n) is 2.16. The SMILES string of the molecule is COc1ccccc1N=Nc1c(O)ccc2ccccc12.[Cu]. The summed E-state index contributed by atoms with van der Waals surface area (Å²) in [6.07, 6.45) is 0. The third kappa shape index (κ3) is 3.11. The first kappa shape index (κ1) is 16.0. The van der Waals surface area contributed by atoms with Gasteiger partial charge in [0.1, 0.15) is 22.9 Å². The second-order valence-corrected chi connectivity index (χ2v) is 4.53. The molecule has 0 aliphatic heterocycles. The van der Waals surface area contributed by atoms with Crippen LogP contribution in [0.1, 0.15) is 0 Å². The van der Waals surface area contributed by atoms with Gasteiger partial charge in [-0.25, -0.2) is 0 Å². The standard InChI is InChI=1S/C17H14N2O2.Cu/c1-21-16-9-5-4-8-14(16)18-19-17-13-7-3-2-6-12(13)10-11-15(17)20;/h2-11,20H,1H3;. The summed E-state index contributed by atoms with van der Waals surface area (Å²) in [5.74, 6) is 0.744. The van der Waals surface area contributed by atoms with E-state index in [1.807, 2.05) is 54.6 Å². The summed E-state index contributed by atoms with van der Waals surface area (Å²) in [5, 5.41) is 20.3. The number of hydrogen-bond donors (Lipinski definition) is 1. The average Bonchev–Trinajstić information content (AvgIpc) is 2.54. The molecule has 0 unspecified atom stereocenters. The fourth-order valence-corrected chi connectivity index (χ4v) is 2.16. The van der Waals surface area contributed by atoms with Gasteiger partial charge in [-0.3, -0.25) is 0 Å². The summed E-state index contributed by atoms with van der Waals surface area (Å²) in [6.45, 7) is 0. The number of benzene rings is 3. The van der Waals surface area contributed by atoms with Crippen LogP contribution in [-0.4, -0.2) is 12.2 Å². The minimum Gasteiger partial charge on any atom is -0.506 e. The zero-order valence-corrected chi connectivity index (χ0v) is 12.8. The minimum atomic E-state index is 0. The van der Waals surface area contributed by atoms with Gasteiger partial charge in [0, 0.05) is 22.5 Å². The molecule has 1 radical (unpaired) electrons. The molecule has 115 valence electrons. The Morgan fingerprint density at radius 1 is 0.864 bits per heavy atom. The smallest absolute Gasteiger partial charge is 0.146 e. The van der Waals surface area contributed by atoms with Crippen molar-refractivity contribution < 1.29 is 26.9 Å². The van der Waals surface area contributed by atoms with E-state index in [1.54, 1.807) is 13.2 Å². The minimum absolute atomic E-state index is 0. The third-order valence-corrected chi connectivity index (χ3v) is 3.22. The Kier molecular flexibility index (Phi) is 5.15. The van der Waals surface area contributed by atoms with E-state index in [9.17, 15) is 5.11 Å². The van der Waals surface area contributed by atoms with Crippen LogP contribution < -0.4 is 4.74 Å². The molecule has 0 spiro atoms. The number of methoxy groups -OCH3 is 1. The summed E-state index contributed by atoms with van der Waals surface area (Å²) in [4.78, 5) is 0. The Hall–Kier alpha value is -2.36. The van der Waals surface area contributed by atoms with Gasteiger partial charge in [-0.2, -0.15) is 0 Å². The molecule has 3 aromatic rings. The van der Waals surface area contributed by atoms with E-state index >= 15 is 0 Å². The van der Waals surface area contributed by atoms with E-state index in [0.29, 0.717) is 17.1 Å². The van der Waals surface area contributed by atoms with Crippen molar-refractivity contribution in [1.82, 2.24) is 0 Å². The number of azo groups is 1. The molecule has 3 rings (SSSR count). The average molecular weight is 342 g/mol. The van der Waals surface area contributed by atoms with Gasteiger partial charge in [0.15, 0.2) is 0 Å². The summed E-state index contributed by atoms with van der Waals surface area (Å²) < 4.78 is 5.24. The van der Waals surface area contributed by atoms with Gasteiger partial charge in [-0.1, -0.05) is 42.5 Å². The molecule has 4 nitrogen and oxygen atoms in total. The molecular formula is C17H14CuN2O2. The van der Waals surface area contributed by atoms with Gasteiger partial charge in [0.2, 0.25) is 0 Å². The van der Waals surface area contributed by atoms with Gasteiger partial charge in [0.25, 0.3) is 0 Å². The van der Waals surface area contributed by atoms with Crippen molar-refractivity contribution in [1.29, 1.82) is 0 Å². The fraction of sp³-hybridized carbons (Fsp3) is 0.0588. The largest absolute Gasteiger partial charge is 0.506 e. The molecule has 0 fully saturated rings. The number of fused-ring (bicyclic) bond motifs is 1. The normalized spacial score (nSPS) is 10.6. The number of para-hydroxylation sites is 1. The predicted molar refractivity (Wildman–Crippen MR) is 82.8 cm³/mol. The third-order valence-electron chi connectivity index (χ3n) is 3.22. The number of phenols is 1. The summed E-state index contributed by atoms with van der Waals surface area (Å²) >= 11 is 0. The molecule has 0 aromatic heterocycles. The van der Waals surface area contributed by atoms with Crippen LogP contribution in [0.3, 0.4) is 0 Å². The van der Waals surface area contributed by atoms with Gasteiger partial charge < -0.3 is 9.84 Å². The van der Waals surface area contributed by atoms with Crippen molar-refractivity contribution in [3.8, 4) is 11.5 Å². The van der Waals surface area contributed by atoms with E-state index in [0.717, 1.165) is 10.8 Å². The molecule has 0 atom stereocenters. The van der Waals surface area contributed by atoms with Crippen LogP contribution in [-0.2, 0) is 17.1 Å². The van der Waals surface area contributed by atoms with Crippen LogP contribution in [0.2, 0.25) is 0 Å². The van der Waals surface area contributed by atoms with E-state index < -0.39 is 0 Å². The summed E-state index contributed by atoms with van der Waals surface area (Å²) in [7, 11) is 1.59. The second-order valence-electron chi connectivity index (χ2n) is 4.53. The second kappa shape index (κ2) is 7.07. The molecule has 0 saturated carbocycles. The van der Waals surface area contributed by atoms with E-state index in [4.69, 9.17) is 4.74 Å². The molecule has 22 heavy (non-hydrogen) atoms. The Morgan fingerprint density at radius 2 is 1.59 bits per heavy atom. The molecule has 0 heterocycles. The van der Waals surface area contributed by atoms with Crippen LogP contribution in [0.4, 0.5) is 11.4 Å². The maximum Gasteiger partial charge on any atom is 0.146 e. The van der Waals surface area contributed by atoms with Crippen molar-refractivity contribution in [3.05, 3.63) is 60.7 Å². The number of hydrogen-bond acceptors (Lipinski definition) is 4. The van der Waals surface area contributed by atoms with Gasteiger partial charge >= 0.3 is 0 Å². The molecule has 0 bridgehead atoms. The van der Waals surface area contributed by atoms with Crippen molar-refractivity contribution in [3.63, 3.8) is 0 Å². The van der Waals surface area contributed by atoms with Crippen molar-refractivity contribution in [2.24, 2.45) is 10.2 Å². The van der Waals surface area contributed by atoms with Crippen LogP contribution >= 0.6 is 0 Å². The predicted octanol–water partition coefficient (Wildman–Crippen LogP) is 4.97. The molecule has 0 aliphatic carbocycles. The van der Waals surface area contributed by atoms with Gasteiger partial charge in [-0.05, 0) is 23.6 Å². The molecule has 0 aliphatic rings. The molecule has 5 heteroatoms. The van der Waals surface area contributed by atoms with Crippen LogP contribution in [0.15, 0.2) is 70.9 Å². The Bertz CT molecular complexity index is 819. The van der Waals surface area contributed by atoms with Gasteiger partial charge in [-0.15, -0.1) is 10.2 Å². The number of nitrogens with zero attached hydrogens (tertiary/aromatic N) is 2. The van der Waals surface area contributed by atoms with Crippen molar-refractivity contribution in [2.45, 2.75) is 0 Å². The number of aromatic hydroxyl groups is 1. The summed E-state index contributed by atoms with van der Waals surface area (Å²) in [5.41, 5.74) is 1.08. The topological polar surface area (TPSA) is 54.2 Å². The zero-order chi connectivity index (χ0) is 14.7. The van der Waals surface area contributed by atoms with Crippen LogP contribution in [0.25, 0.3) is 10.8 Å². The number of phenolic OH excluding ortho intramolecular Hbond substituents is 1. The van der Waals surface area contributed by atoms with E-state index in [2.05, 4.69) is 10.2 Å². The van der Waals surface area contributed by atoms with E-state index in [1.165, 1.54) is 0 Å². The van der Waals surface area contributed by atoms with Crippen LogP contribution in [0, 0.1) is 0 Å². The molecule has 0 amide bonds. The van der Waals surface area contributed by atoms with Crippen molar-refractivity contribution >= 4 is 22.1 Å². The number of rotatable bonds is 3. The maximum absolute atomic E-state index is 10.0. The Morgan fingerprint density at radius 3 is 2.41 bits per heavy atom. The quantitative estimate of drug-likeness (QED) is 0.540. The monoisotopic (exact) mass is 341 g/mol. The van der Waals surface area contributed by atoms with Gasteiger partial charge in [0.05, 0.1) is 7.11 Å². The molecular weight excluding hydrogens is 328 g/mol. The first-order valence-electron chi connectivity index (χ1n) is 6.55. The van der Waals surface area contributed by atoms with E-state index in [-0.39, 0.29) is 22.8 Å². The zero-order valence-electron chi connectivity index (χ0n) is 11.8. The number of ether oxygens (including phenoxy) is 1. The Balaban J connectivity index is 0.00000176. The van der Waals surface area contributed by atoms with Crippen molar-refractivity contribution in [2.75, 3.05) is 7.11 Å². The maximum atomic E-state index is 10.0.